The van der Waals surface area contributed by atoms with Crippen LogP contribution in [0, 0.1) is 20.8 Å². The molecule has 0 spiro atoms. The summed E-state index contributed by atoms with van der Waals surface area (Å²) in [7, 11) is 0. The van der Waals surface area contributed by atoms with E-state index in [1.807, 2.05) is 57.2 Å². The number of hydrogen-bond donors (Lipinski definition) is 1. The summed E-state index contributed by atoms with van der Waals surface area (Å²) >= 11 is 0. The first kappa shape index (κ1) is 16.9. The van der Waals surface area contributed by atoms with E-state index in [4.69, 9.17) is 9.47 Å². The SMILES string of the molecule is Cc1cc(C)c(C)c(OCC(=O)NCCOc2ccccc2)c1. The molecule has 4 heteroatoms. The predicted octanol–water partition coefficient (Wildman–Crippen LogP) is 3.19. The molecule has 0 unspecified atom stereocenters. The average Bonchev–Trinajstić information content (AvgIpc) is 2.54. The van der Waals surface area contributed by atoms with E-state index in [1.165, 1.54) is 0 Å². The van der Waals surface area contributed by atoms with E-state index in [-0.39, 0.29) is 12.5 Å². The lowest BCUT2D eigenvalue weighted by atomic mass is 10.1. The number of amides is 1. The lowest BCUT2D eigenvalue weighted by molar-refractivity contribution is -0.123. The second kappa shape index (κ2) is 8.22. The van der Waals surface area contributed by atoms with Crippen LogP contribution in [0.2, 0.25) is 0 Å². The molecule has 0 bridgehead atoms. The van der Waals surface area contributed by atoms with Gasteiger partial charge in [0.2, 0.25) is 0 Å². The van der Waals surface area contributed by atoms with Gasteiger partial charge in [-0.3, -0.25) is 4.79 Å². The summed E-state index contributed by atoms with van der Waals surface area (Å²) in [6.45, 7) is 6.93. The molecule has 2 rings (SSSR count). The highest BCUT2D eigenvalue weighted by Gasteiger charge is 2.07. The Morgan fingerprint density at radius 1 is 1.04 bits per heavy atom. The summed E-state index contributed by atoms with van der Waals surface area (Å²) in [6, 6.07) is 13.6. The molecule has 4 nitrogen and oxygen atoms in total. The number of hydrogen-bond acceptors (Lipinski definition) is 3. The second-order valence-electron chi connectivity index (χ2n) is 5.51. The van der Waals surface area contributed by atoms with Gasteiger partial charge < -0.3 is 14.8 Å². The molecule has 1 N–H and O–H groups in total. The van der Waals surface area contributed by atoms with Crippen molar-refractivity contribution in [2.24, 2.45) is 0 Å². The molecule has 0 fully saturated rings. The number of rotatable bonds is 7. The van der Waals surface area contributed by atoms with Crippen molar-refractivity contribution in [1.29, 1.82) is 0 Å². The van der Waals surface area contributed by atoms with E-state index in [0.717, 1.165) is 28.2 Å². The van der Waals surface area contributed by atoms with Crippen molar-refractivity contribution in [3.8, 4) is 11.5 Å². The predicted molar refractivity (Wildman–Crippen MR) is 91.1 cm³/mol. The zero-order valence-electron chi connectivity index (χ0n) is 13.9. The molecule has 122 valence electrons. The molecule has 0 aromatic heterocycles. The lowest BCUT2D eigenvalue weighted by Gasteiger charge is -2.12. The summed E-state index contributed by atoms with van der Waals surface area (Å²) < 4.78 is 11.1. The number of benzene rings is 2. The fourth-order valence-corrected chi connectivity index (χ4v) is 2.22. The van der Waals surface area contributed by atoms with E-state index in [0.29, 0.717) is 13.2 Å². The first-order chi connectivity index (χ1) is 11.1. The highest BCUT2D eigenvalue weighted by Crippen LogP contribution is 2.23. The van der Waals surface area contributed by atoms with Gasteiger partial charge in [-0.25, -0.2) is 0 Å². The van der Waals surface area contributed by atoms with Gasteiger partial charge in [0.05, 0.1) is 6.54 Å². The smallest absolute Gasteiger partial charge is 0.258 e. The molecule has 0 aliphatic heterocycles. The van der Waals surface area contributed by atoms with Crippen LogP contribution in [0.5, 0.6) is 11.5 Å². The third-order valence-electron chi connectivity index (χ3n) is 3.56. The van der Waals surface area contributed by atoms with Crippen LogP contribution in [0.15, 0.2) is 42.5 Å². The minimum atomic E-state index is -0.153. The zero-order valence-corrected chi connectivity index (χ0v) is 13.9. The molecular weight excluding hydrogens is 290 g/mol. The number of ether oxygens (including phenoxy) is 2. The van der Waals surface area contributed by atoms with Gasteiger partial charge in [-0.05, 0) is 55.7 Å². The number of para-hydroxylation sites is 1. The molecule has 0 atom stereocenters. The molecule has 0 radical (unpaired) electrons. The van der Waals surface area contributed by atoms with Crippen LogP contribution in [0.25, 0.3) is 0 Å². The molecule has 0 saturated heterocycles. The molecule has 0 saturated carbocycles. The standard InChI is InChI=1S/C19H23NO3/c1-14-11-15(2)16(3)18(12-14)23-13-19(21)20-9-10-22-17-7-5-4-6-8-17/h4-8,11-12H,9-10,13H2,1-3H3,(H,20,21). The first-order valence-electron chi connectivity index (χ1n) is 7.71. The third-order valence-corrected chi connectivity index (χ3v) is 3.56. The van der Waals surface area contributed by atoms with Gasteiger partial charge in [0.1, 0.15) is 18.1 Å². The van der Waals surface area contributed by atoms with Gasteiger partial charge in [-0.1, -0.05) is 24.3 Å². The second-order valence-corrected chi connectivity index (χ2v) is 5.51. The Labute approximate surface area is 137 Å². The summed E-state index contributed by atoms with van der Waals surface area (Å²) in [5, 5.41) is 2.78. The molecular formula is C19H23NO3. The summed E-state index contributed by atoms with van der Waals surface area (Å²) in [6.07, 6.45) is 0. The number of nitrogens with one attached hydrogen (secondary N) is 1. The van der Waals surface area contributed by atoms with Crippen molar-refractivity contribution in [3.05, 3.63) is 59.2 Å². The minimum absolute atomic E-state index is 0.00900. The summed E-state index contributed by atoms with van der Waals surface area (Å²) in [5.74, 6) is 1.40. The molecule has 0 heterocycles. The Hall–Kier alpha value is -2.49. The first-order valence-corrected chi connectivity index (χ1v) is 7.71. The highest BCUT2D eigenvalue weighted by molar-refractivity contribution is 5.77. The topological polar surface area (TPSA) is 47.6 Å². The Bertz CT molecular complexity index is 653. The Morgan fingerprint density at radius 2 is 1.78 bits per heavy atom. The van der Waals surface area contributed by atoms with Crippen molar-refractivity contribution >= 4 is 5.91 Å². The van der Waals surface area contributed by atoms with E-state index in [9.17, 15) is 4.79 Å². The molecule has 0 aliphatic carbocycles. The largest absolute Gasteiger partial charge is 0.492 e. The quantitative estimate of drug-likeness (QED) is 0.799. The average molecular weight is 313 g/mol. The van der Waals surface area contributed by atoms with Crippen molar-refractivity contribution in [2.75, 3.05) is 19.8 Å². The van der Waals surface area contributed by atoms with Crippen LogP contribution >= 0.6 is 0 Å². The highest BCUT2D eigenvalue weighted by atomic mass is 16.5. The fraction of sp³-hybridized carbons (Fsp3) is 0.316. The number of carbonyl (C=O) groups is 1. The van der Waals surface area contributed by atoms with Gasteiger partial charge in [0.25, 0.3) is 5.91 Å². The maximum atomic E-state index is 11.8. The van der Waals surface area contributed by atoms with Gasteiger partial charge in [-0.15, -0.1) is 0 Å². The lowest BCUT2D eigenvalue weighted by Crippen LogP contribution is -2.32. The maximum absolute atomic E-state index is 11.8. The molecule has 23 heavy (non-hydrogen) atoms. The van der Waals surface area contributed by atoms with Gasteiger partial charge in [0, 0.05) is 0 Å². The van der Waals surface area contributed by atoms with Crippen LogP contribution < -0.4 is 14.8 Å². The summed E-state index contributed by atoms with van der Waals surface area (Å²) in [5.41, 5.74) is 3.35. The number of carbonyl (C=O) groups excluding carboxylic acids is 1. The molecule has 2 aromatic carbocycles. The Morgan fingerprint density at radius 3 is 2.52 bits per heavy atom. The number of aryl methyl sites for hydroxylation is 2. The van der Waals surface area contributed by atoms with E-state index in [2.05, 4.69) is 11.4 Å². The normalized spacial score (nSPS) is 10.2. The zero-order chi connectivity index (χ0) is 16.7. The summed E-state index contributed by atoms with van der Waals surface area (Å²) in [4.78, 5) is 11.8. The maximum Gasteiger partial charge on any atom is 0.258 e. The monoisotopic (exact) mass is 313 g/mol. The minimum Gasteiger partial charge on any atom is -0.492 e. The molecule has 2 aromatic rings. The van der Waals surface area contributed by atoms with Crippen LogP contribution in [0.1, 0.15) is 16.7 Å². The van der Waals surface area contributed by atoms with Crippen LogP contribution in [-0.4, -0.2) is 25.7 Å². The Balaban J connectivity index is 1.71. The fourth-order valence-electron chi connectivity index (χ4n) is 2.22. The Kier molecular flexibility index (Phi) is 6.03. The molecule has 1 amide bonds. The molecule has 0 aliphatic rings. The van der Waals surface area contributed by atoms with E-state index >= 15 is 0 Å². The van der Waals surface area contributed by atoms with Crippen molar-refractivity contribution in [2.45, 2.75) is 20.8 Å². The van der Waals surface area contributed by atoms with Crippen LogP contribution in [0.3, 0.4) is 0 Å². The van der Waals surface area contributed by atoms with Gasteiger partial charge in [0.15, 0.2) is 6.61 Å². The van der Waals surface area contributed by atoms with Crippen molar-refractivity contribution in [3.63, 3.8) is 0 Å². The third kappa shape index (κ3) is 5.33. The van der Waals surface area contributed by atoms with Crippen LogP contribution in [-0.2, 0) is 4.79 Å². The van der Waals surface area contributed by atoms with Crippen molar-refractivity contribution < 1.29 is 14.3 Å². The van der Waals surface area contributed by atoms with E-state index in [1.54, 1.807) is 0 Å². The van der Waals surface area contributed by atoms with Gasteiger partial charge in [-0.2, -0.15) is 0 Å². The van der Waals surface area contributed by atoms with Crippen molar-refractivity contribution in [1.82, 2.24) is 5.32 Å². The van der Waals surface area contributed by atoms with Gasteiger partial charge >= 0.3 is 0 Å². The van der Waals surface area contributed by atoms with E-state index < -0.39 is 0 Å². The van der Waals surface area contributed by atoms with Crippen LogP contribution in [0.4, 0.5) is 0 Å².